The predicted molar refractivity (Wildman–Crippen MR) is 164 cm³/mol. The molecule has 5 rings (SSSR count). The van der Waals surface area contributed by atoms with Crippen molar-refractivity contribution in [3.63, 3.8) is 0 Å². The van der Waals surface area contributed by atoms with Gasteiger partial charge in [-0.25, -0.2) is 4.98 Å². The zero-order valence-corrected chi connectivity index (χ0v) is 24.3. The third-order valence-electron chi connectivity index (χ3n) is 8.23. The lowest BCUT2D eigenvalue weighted by atomic mass is 9.96. The van der Waals surface area contributed by atoms with E-state index in [-0.39, 0.29) is 5.56 Å². The number of hydrogen-bond acceptors (Lipinski definition) is 4. The lowest BCUT2D eigenvalue weighted by Gasteiger charge is -2.25. The van der Waals surface area contributed by atoms with Crippen LogP contribution in [-0.4, -0.2) is 37.7 Å². The van der Waals surface area contributed by atoms with Crippen LogP contribution in [0.4, 0.5) is 0 Å². The SMILES string of the molecule is CCCCc1nc(C2CC2)c(CC(=S)N2CCC[C@@H]2C)c(=O)n1Cc1ccc(-c2ccccc2C(C)=N)cc1. The Morgan fingerprint density at radius 2 is 1.85 bits per heavy atom. The van der Waals surface area contributed by atoms with Gasteiger partial charge in [-0.15, -0.1) is 0 Å². The molecule has 2 aliphatic rings. The van der Waals surface area contributed by atoms with Crippen molar-refractivity contribution in [2.75, 3.05) is 6.54 Å². The zero-order chi connectivity index (χ0) is 27.5. The standard InChI is InChI=1S/C33H40N4OS/c1-4-5-12-30-35-32(26-17-18-26)29(20-31(39)36-19-8-9-22(36)2)33(38)37(30)21-24-13-15-25(16-14-24)28-11-7-6-10-27(28)23(3)34/h6-7,10-11,13-16,22,26,34H,4-5,8-9,12,17-21H2,1-3H3/t22-/m0/s1. The minimum atomic E-state index is 0.0843. The molecule has 3 aromatic rings. The van der Waals surface area contributed by atoms with Crippen LogP contribution in [0.25, 0.3) is 11.1 Å². The lowest BCUT2D eigenvalue weighted by Crippen LogP contribution is -2.37. The van der Waals surface area contributed by atoms with Crippen molar-refractivity contribution >= 4 is 22.9 Å². The van der Waals surface area contributed by atoms with E-state index >= 15 is 0 Å². The largest absolute Gasteiger partial charge is 0.363 e. The average Bonchev–Trinajstić information content (AvgIpc) is 3.70. The van der Waals surface area contributed by atoms with Crippen molar-refractivity contribution < 1.29 is 0 Å². The fourth-order valence-corrected chi connectivity index (χ4v) is 6.21. The number of hydrogen-bond donors (Lipinski definition) is 1. The van der Waals surface area contributed by atoms with Crippen LogP contribution in [0.5, 0.6) is 0 Å². The molecule has 2 aromatic carbocycles. The van der Waals surface area contributed by atoms with Crippen LogP contribution in [-0.2, 0) is 19.4 Å². The number of rotatable bonds is 10. The summed E-state index contributed by atoms with van der Waals surface area (Å²) in [5.41, 5.74) is 6.60. The molecule has 1 aliphatic carbocycles. The van der Waals surface area contributed by atoms with Gasteiger partial charge in [0.15, 0.2) is 0 Å². The van der Waals surface area contributed by atoms with Gasteiger partial charge in [0, 0.05) is 48.2 Å². The van der Waals surface area contributed by atoms with Gasteiger partial charge in [-0.1, -0.05) is 74.1 Å². The molecular formula is C33H40N4OS. The Labute approximate surface area is 237 Å². The maximum absolute atomic E-state index is 14.2. The molecule has 0 spiro atoms. The minimum Gasteiger partial charge on any atom is -0.363 e. The van der Waals surface area contributed by atoms with Crippen LogP contribution in [0.3, 0.4) is 0 Å². The summed E-state index contributed by atoms with van der Waals surface area (Å²) in [7, 11) is 0. The van der Waals surface area contributed by atoms with Crippen LogP contribution in [0.15, 0.2) is 53.3 Å². The summed E-state index contributed by atoms with van der Waals surface area (Å²) >= 11 is 5.90. The van der Waals surface area contributed by atoms with E-state index < -0.39 is 0 Å². The van der Waals surface area contributed by atoms with Gasteiger partial charge in [-0.05, 0) is 62.6 Å². The van der Waals surface area contributed by atoms with Gasteiger partial charge in [-0.2, -0.15) is 0 Å². The molecule has 1 aromatic heterocycles. The number of likely N-dealkylation sites (tertiary alicyclic amines) is 1. The Bertz CT molecular complexity index is 1420. The summed E-state index contributed by atoms with van der Waals surface area (Å²) in [5.74, 6) is 1.31. The fourth-order valence-electron chi connectivity index (χ4n) is 5.80. The molecule has 0 bridgehead atoms. The van der Waals surface area contributed by atoms with E-state index in [1.165, 1.54) is 0 Å². The van der Waals surface area contributed by atoms with Crippen LogP contribution >= 0.6 is 12.2 Å². The molecule has 0 unspecified atom stereocenters. The first-order chi connectivity index (χ1) is 18.9. The highest BCUT2D eigenvalue weighted by Gasteiger charge is 2.32. The molecule has 5 nitrogen and oxygen atoms in total. The number of benzene rings is 2. The van der Waals surface area contributed by atoms with Crippen molar-refractivity contribution in [1.82, 2.24) is 14.5 Å². The third kappa shape index (κ3) is 6.06. The van der Waals surface area contributed by atoms with Gasteiger partial charge in [0.25, 0.3) is 5.56 Å². The predicted octanol–water partition coefficient (Wildman–Crippen LogP) is 6.92. The number of thiocarbonyl (C=S) groups is 1. The first-order valence-corrected chi connectivity index (χ1v) is 14.9. The molecule has 0 radical (unpaired) electrons. The molecular weight excluding hydrogens is 500 g/mol. The fraction of sp³-hybridized carbons (Fsp3) is 0.455. The maximum atomic E-state index is 14.2. The number of nitrogens with zero attached hydrogens (tertiary/aromatic N) is 3. The quantitative estimate of drug-likeness (QED) is 0.224. The van der Waals surface area contributed by atoms with E-state index in [1.807, 2.05) is 29.7 Å². The molecule has 39 heavy (non-hydrogen) atoms. The molecule has 1 N–H and O–H groups in total. The maximum Gasteiger partial charge on any atom is 0.257 e. The van der Waals surface area contributed by atoms with E-state index in [2.05, 4.69) is 49.1 Å². The van der Waals surface area contributed by atoms with Gasteiger partial charge in [0.1, 0.15) is 5.82 Å². The normalized spacial score (nSPS) is 17.0. The summed E-state index contributed by atoms with van der Waals surface area (Å²) in [4.78, 5) is 22.6. The second kappa shape index (κ2) is 12.0. The van der Waals surface area contributed by atoms with E-state index in [9.17, 15) is 4.79 Å². The van der Waals surface area contributed by atoms with Gasteiger partial charge in [0.05, 0.1) is 17.2 Å². The van der Waals surface area contributed by atoms with Crippen LogP contribution in [0.2, 0.25) is 0 Å². The topological polar surface area (TPSA) is 62.0 Å². The molecule has 6 heteroatoms. The van der Waals surface area contributed by atoms with Crippen molar-refractivity contribution in [2.45, 2.75) is 90.6 Å². The first-order valence-electron chi connectivity index (χ1n) is 14.5. The molecule has 1 saturated carbocycles. The van der Waals surface area contributed by atoms with Gasteiger partial charge in [0.2, 0.25) is 0 Å². The number of aromatic nitrogens is 2. The van der Waals surface area contributed by atoms with E-state index in [1.54, 1.807) is 0 Å². The van der Waals surface area contributed by atoms with Crippen molar-refractivity contribution in [3.8, 4) is 11.1 Å². The molecule has 2 heterocycles. The molecule has 1 saturated heterocycles. The highest BCUT2D eigenvalue weighted by molar-refractivity contribution is 7.80. The van der Waals surface area contributed by atoms with E-state index in [0.29, 0.717) is 30.6 Å². The third-order valence-corrected chi connectivity index (χ3v) is 8.61. The van der Waals surface area contributed by atoms with Crippen LogP contribution in [0, 0.1) is 5.41 Å². The second-order valence-corrected chi connectivity index (χ2v) is 11.8. The monoisotopic (exact) mass is 540 g/mol. The second-order valence-electron chi connectivity index (χ2n) is 11.3. The number of unbranched alkanes of at least 4 members (excludes halogenated alkanes) is 1. The minimum absolute atomic E-state index is 0.0843. The first kappa shape index (κ1) is 27.4. The smallest absolute Gasteiger partial charge is 0.257 e. The molecule has 1 aliphatic heterocycles. The molecule has 204 valence electrons. The molecule has 1 atom stereocenters. The molecule has 0 amide bonds. The summed E-state index contributed by atoms with van der Waals surface area (Å²) in [6, 6.07) is 16.9. The van der Waals surface area contributed by atoms with Crippen molar-refractivity contribution in [2.24, 2.45) is 0 Å². The van der Waals surface area contributed by atoms with Gasteiger partial charge in [-0.3, -0.25) is 9.36 Å². The molecule has 2 fully saturated rings. The Balaban J connectivity index is 1.49. The number of nitrogens with one attached hydrogen (secondary N) is 1. The summed E-state index contributed by atoms with van der Waals surface area (Å²) in [5, 5.41) is 8.15. The summed E-state index contributed by atoms with van der Waals surface area (Å²) in [6.45, 7) is 7.73. The highest BCUT2D eigenvalue weighted by Crippen LogP contribution is 2.40. The Hall–Kier alpha value is -3.12. The highest BCUT2D eigenvalue weighted by atomic mass is 32.1. The van der Waals surface area contributed by atoms with Crippen molar-refractivity contribution in [3.05, 3.63) is 87.1 Å². The summed E-state index contributed by atoms with van der Waals surface area (Å²) < 4.78 is 1.91. The Morgan fingerprint density at radius 1 is 1.10 bits per heavy atom. The van der Waals surface area contributed by atoms with Gasteiger partial charge >= 0.3 is 0 Å². The van der Waals surface area contributed by atoms with E-state index in [4.69, 9.17) is 22.6 Å². The van der Waals surface area contributed by atoms with Crippen molar-refractivity contribution in [1.29, 1.82) is 5.41 Å². The number of aryl methyl sites for hydroxylation is 1. The summed E-state index contributed by atoms with van der Waals surface area (Å²) in [6.07, 6.45) is 7.95. The van der Waals surface area contributed by atoms with Crippen LogP contribution in [0.1, 0.15) is 93.4 Å². The Morgan fingerprint density at radius 3 is 2.49 bits per heavy atom. The van der Waals surface area contributed by atoms with Crippen LogP contribution < -0.4 is 5.56 Å². The van der Waals surface area contributed by atoms with E-state index in [0.717, 1.165) is 95.8 Å². The zero-order valence-electron chi connectivity index (χ0n) is 23.5. The average molecular weight is 541 g/mol. The Kier molecular flexibility index (Phi) is 8.41. The van der Waals surface area contributed by atoms with Gasteiger partial charge < -0.3 is 10.3 Å². The lowest BCUT2D eigenvalue weighted by molar-refractivity contribution is 0.415.